The Kier molecular flexibility index (Phi) is 8.30. The molecule has 0 fully saturated rings. The fraction of sp³-hybridized carbons (Fsp3) is 0.429. The molecule has 0 spiro atoms. The normalized spacial score (nSPS) is 16.4. The Hall–Kier alpha value is -3.60. The molecule has 5 rings (SSSR count). The standard InChI is InChI=1S/C35H43N3O2/c1-6-9-21-37(22-10-7-2)27-18-19-29(25(4)24-27)35(30-16-14-20-36-33(30)34(39)40-35)32-26(5)38(23-11-8-3)31-17-13-12-15-28(31)32/h12-20,24H,6-11,21-23H2,1-5H3. The molecule has 1 aliphatic heterocycles. The molecule has 2 aromatic carbocycles. The van der Waals surface area contributed by atoms with E-state index in [1.165, 1.54) is 36.9 Å². The number of benzene rings is 2. The van der Waals surface area contributed by atoms with E-state index >= 15 is 0 Å². The summed E-state index contributed by atoms with van der Waals surface area (Å²) in [6.07, 6.45) is 8.56. The number of aryl methyl sites for hydroxylation is 2. The number of rotatable bonds is 12. The van der Waals surface area contributed by atoms with Crippen LogP contribution in [0.15, 0.2) is 60.8 Å². The van der Waals surface area contributed by atoms with E-state index in [-0.39, 0.29) is 5.97 Å². The fourth-order valence-electron chi connectivity index (χ4n) is 6.40. The number of pyridine rings is 1. The maximum atomic E-state index is 13.5. The molecule has 1 unspecified atom stereocenters. The molecular formula is C35H43N3O2. The number of esters is 1. The van der Waals surface area contributed by atoms with Crippen molar-refractivity contribution in [3.8, 4) is 0 Å². The lowest BCUT2D eigenvalue weighted by atomic mass is 9.77. The first-order valence-electron chi connectivity index (χ1n) is 15.1. The minimum atomic E-state index is -1.07. The Bertz CT molecular complexity index is 1500. The summed E-state index contributed by atoms with van der Waals surface area (Å²) in [7, 11) is 0. The number of hydrogen-bond acceptors (Lipinski definition) is 4. The van der Waals surface area contributed by atoms with E-state index in [1.54, 1.807) is 6.20 Å². The van der Waals surface area contributed by atoms with Gasteiger partial charge >= 0.3 is 5.97 Å². The third-order valence-electron chi connectivity index (χ3n) is 8.46. The maximum absolute atomic E-state index is 13.5. The van der Waals surface area contributed by atoms with Crippen LogP contribution in [0.1, 0.15) is 97.7 Å². The molecule has 40 heavy (non-hydrogen) atoms. The third-order valence-corrected chi connectivity index (χ3v) is 8.46. The largest absolute Gasteiger partial charge is 0.439 e. The van der Waals surface area contributed by atoms with Crippen LogP contribution in [0.3, 0.4) is 0 Å². The van der Waals surface area contributed by atoms with Crippen molar-refractivity contribution in [1.82, 2.24) is 9.55 Å². The average molecular weight is 538 g/mol. The van der Waals surface area contributed by atoms with Crippen LogP contribution in [-0.4, -0.2) is 28.6 Å². The number of para-hydroxylation sites is 1. The zero-order chi connectivity index (χ0) is 28.3. The zero-order valence-electron chi connectivity index (χ0n) is 24.8. The van der Waals surface area contributed by atoms with Crippen molar-refractivity contribution in [2.24, 2.45) is 0 Å². The SMILES string of the molecule is CCCCN(CCCC)c1ccc(C2(c3c(C)n(CCCC)c4ccccc34)OC(=O)c3ncccc32)c(C)c1. The minimum absolute atomic E-state index is 0.364. The monoisotopic (exact) mass is 537 g/mol. The molecule has 5 nitrogen and oxygen atoms in total. The number of cyclic esters (lactones) is 1. The molecule has 4 aromatic rings. The van der Waals surface area contributed by atoms with E-state index in [0.717, 1.165) is 65.8 Å². The lowest BCUT2D eigenvalue weighted by Gasteiger charge is -2.33. The summed E-state index contributed by atoms with van der Waals surface area (Å²) in [6, 6.07) is 19.2. The quantitative estimate of drug-likeness (QED) is 0.170. The van der Waals surface area contributed by atoms with Gasteiger partial charge in [-0.25, -0.2) is 9.78 Å². The highest BCUT2D eigenvalue weighted by molar-refractivity contribution is 5.97. The van der Waals surface area contributed by atoms with Crippen LogP contribution < -0.4 is 4.90 Å². The number of unbranched alkanes of at least 4 members (excludes halogenated alkanes) is 3. The molecule has 210 valence electrons. The molecule has 0 aliphatic carbocycles. The molecule has 2 aromatic heterocycles. The highest BCUT2D eigenvalue weighted by atomic mass is 16.6. The van der Waals surface area contributed by atoms with E-state index in [0.29, 0.717) is 5.69 Å². The Labute approximate surface area is 239 Å². The molecule has 0 radical (unpaired) electrons. The zero-order valence-corrected chi connectivity index (χ0v) is 24.8. The van der Waals surface area contributed by atoms with Crippen molar-refractivity contribution in [2.45, 2.75) is 85.3 Å². The summed E-state index contributed by atoms with van der Waals surface area (Å²) in [5, 5.41) is 1.12. The highest BCUT2D eigenvalue weighted by Gasteiger charge is 2.52. The van der Waals surface area contributed by atoms with Crippen molar-refractivity contribution in [2.75, 3.05) is 18.0 Å². The van der Waals surface area contributed by atoms with Crippen molar-refractivity contribution < 1.29 is 9.53 Å². The van der Waals surface area contributed by atoms with Crippen LogP contribution in [0, 0.1) is 13.8 Å². The summed E-state index contributed by atoms with van der Waals surface area (Å²) < 4.78 is 8.98. The minimum Gasteiger partial charge on any atom is -0.439 e. The number of carbonyl (C=O) groups is 1. The maximum Gasteiger partial charge on any atom is 0.358 e. The molecule has 1 aliphatic rings. The number of anilines is 1. The highest BCUT2D eigenvalue weighted by Crippen LogP contribution is 2.51. The van der Waals surface area contributed by atoms with Crippen molar-refractivity contribution in [3.05, 3.63) is 94.4 Å². The van der Waals surface area contributed by atoms with E-state index in [9.17, 15) is 4.79 Å². The van der Waals surface area contributed by atoms with Gasteiger partial charge in [-0.1, -0.05) is 70.4 Å². The summed E-state index contributed by atoms with van der Waals surface area (Å²) in [6.45, 7) is 14.1. The number of ether oxygens (including phenoxy) is 1. The molecule has 3 heterocycles. The number of carbonyl (C=O) groups excluding carboxylic acids is 1. The number of aromatic nitrogens is 2. The van der Waals surface area contributed by atoms with Gasteiger partial charge in [0.15, 0.2) is 11.3 Å². The topological polar surface area (TPSA) is 47.4 Å². The van der Waals surface area contributed by atoms with Crippen LogP contribution in [0.5, 0.6) is 0 Å². The van der Waals surface area contributed by atoms with Crippen LogP contribution >= 0.6 is 0 Å². The molecule has 0 N–H and O–H groups in total. The number of nitrogens with zero attached hydrogens (tertiary/aromatic N) is 3. The van der Waals surface area contributed by atoms with Crippen LogP contribution in [-0.2, 0) is 16.9 Å². The Morgan fingerprint density at radius 1 is 0.875 bits per heavy atom. The summed E-state index contributed by atoms with van der Waals surface area (Å²) in [4.78, 5) is 20.5. The van der Waals surface area contributed by atoms with E-state index in [2.05, 4.69) is 91.5 Å². The first-order chi connectivity index (χ1) is 19.5. The molecular weight excluding hydrogens is 494 g/mol. The lowest BCUT2D eigenvalue weighted by molar-refractivity contribution is 0.0249. The van der Waals surface area contributed by atoms with E-state index in [1.807, 2.05) is 12.1 Å². The average Bonchev–Trinajstić information content (AvgIpc) is 3.42. The Morgan fingerprint density at radius 3 is 2.30 bits per heavy atom. The van der Waals surface area contributed by atoms with Gasteiger partial charge in [0, 0.05) is 64.8 Å². The smallest absolute Gasteiger partial charge is 0.358 e. The van der Waals surface area contributed by atoms with Crippen LogP contribution in [0.2, 0.25) is 0 Å². The third kappa shape index (κ3) is 4.70. The van der Waals surface area contributed by atoms with Gasteiger partial charge in [0.1, 0.15) is 0 Å². The second-order valence-electron chi connectivity index (χ2n) is 11.1. The molecule has 0 bridgehead atoms. The fourth-order valence-corrected chi connectivity index (χ4v) is 6.40. The van der Waals surface area contributed by atoms with E-state index in [4.69, 9.17) is 4.74 Å². The number of fused-ring (bicyclic) bond motifs is 2. The van der Waals surface area contributed by atoms with Gasteiger partial charge in [0.2, 0.25) is 0 Å². The Balaban J connectivity index is 1.75. The van der Waals surface area contributed by atoms with Crippen LogP contribution in [0.4, 0.5) is 5.69 Å². The summed E-state index contributed by atoms with van der Waals surface area (Å²) >= 11 is 0. The predicted octanol–water partition coefficient (Wildman–Crippen LogP) is 8.32. The van der Waals surface area contributed by atoms with Gasteiger partial charge in [-0.05, 0) is 62.9 Å². The summed E-state index contributed by atoms with van der Waals surface area (Å²) in [5.74, 6) is -0.364. The summed E-state index contributed by atoms with van der Waals surface area (Å²) in [5.41, 5.74) is 6.87. The number of hydrogen-bond donors (Lipinski definition) is 0. The molecule has 0 amide bonds. The first-order valence-corrected chi connectivity index (χ1v) is 15.1. The van der Waals surface area contributed by atoms with Gasteiger partial charge in [-0.3, -0.25) is 0 Å². The molecule has 0 saturated heterocycles. The van der Waals surface area contributed by atoms with Crippen molar-refractivity contribution in [3.63, 3.8) is 0 Å². The second-order valence-corrected chi connectivity index (χ2v) is 11.1. The Morgan fingerprint density at radius 2 is 1.60 bits per heavy atom. The van der Waals surface area contributed by atoms with Gasteiger partial charge in [0.25, 0.3) is 0 Å². The van der Waals surface area contributed by atoms with Gasteiger partial charge in [0.05, 0.1) is 0 Å². The van der Waals surface area contributed by atoms with Crippen LogP contribution in [0.25, 0.3) is 10.9 Å². The van der Waals surface area contributed by atoms with Gasteiger partial charge in [-0.15, -0.1) is 0 Å². The molecule has 5 heteroatoms. The van der Waals surface area contributed by atoms with E-state index < -0.39 is 5.60 Å². The second kappa shape index (κ2) is 11.9. The molecule has 1 atom stereocenters. The predicted molar refractivity (Wildman–Crippen MR) is 164 cm³/mol. The van der Waals surface area contributed by atoms with Crippen molar-refractivity contribution in [1.29, 1.82) is 0 Å². The van der Waals surface area contributed by atoms with Gasteiger partial charge < -0.3 is 14.2 Å². The van der Waals surface area contributed by atoms with Gasteiger partial charge in [-0.2, -0.15) is 0 Å². The van der Waals surface area contributed by atoms with Crippen molar-refractivity contribution >= 4 is 22.6 Å². The lowest BCUT2D eigenvalue weighted by Crippen LogP contribution is -2.32. The molecule has 0 saturated carbocycles. The first kappa shape index (κ1) is 27.9.